The first-order chi connectivity index (χ1) is 20.5. The Morgan fingerprint density at radius 2 is 1.07 bits per heavy atom. The van der Waals surface area contributed by atoms with Crippen molar-refractivity contribution in [1.29, 1.82) is 0 Å². The molecule has 2 aliphatic heterocycles. The fourth-order valence-corrected chi connectivity index (χ4v) is 4.97. The summed E-state index contributed by atoms with van der Waals surface area (Å²) in [6, 6.07) is 11.7. The maximum Gasteiger partial charge on any atom is 0.200 e. The third kappa shape index (κ3) is 7.69. The van der Waals surface area contributed by atoms with Gasteiger partial charge >= 0.3 is 0 Å². The molecule has 5 rings (SSSR count). The van der Waals surface area contributed by atoms with Gasteiger partial charge in [-0.3, -0.25) is 0 Å². The quantitative estimate of drug-likeness (QED) is 0.251. The van der Waals surface area contributed by atoms with Crippen LogP contribution in [0.2, 0.25) is 0 Å². The van der Waals surface area contributed by atoms with Gasteiger partial charge in [0.05, 0.1) is 50.2 Å². The fourth-order valence-electron chi connectivity index (χ4n) is 4.97. The Balaban J connectivity index is 1.26. The van der Waals surface area contributed by atoms with Crippen molar-refractivity contribution >= 4 is 24.3 Å². The summed E-state index contributed by atoms with van der Waals surface area (Å²) in [5.41, 5.74) is 5.25. The first-order valence-electron chi connectivity index (χ1n) is 14.7. The Kier molecular flexibility index (Phi) is 10.1. The standard InChI is InChI=1S/C34H40N2O6/c1-23-27(15-11-25-13-17-29(31(21-25)37-3)41-33-9-5-7-19-39-33)36-24(2)28(35-23)16-12-26-14-18-30(32(22-26)38-4)42-34-10-6-8-20-40-34/h11-18,21-22,33-34H,5-10,19-20H2,1-4H3/b15-11+,16-12+. The first kappa shape index (κ1) is 29.6. The molecule has 3 heterocycles. The molecule has 2 atom stereocenters. The number of methoxy groups -OCH3 is 2. The van der Waals surface area contributed by atoms with Gasteiger partial charge in [0.1, 0.15) is 0 Å². The second-order valence-corrected chi connectivity index (χ2v) is 10.5. The van der Waals surface area contributed by atoms with Crippen molar-refractivity contribution in [3.63, 3.8) is 0 Å². The summed E-state index contributed by atoms with van der Waals surface area (Å²) < 4.78 is 34.6. The molecule has 2 fully saturated rings. The van der Waals surface area contributed by atoms with Gasteiger partial charge in [0, 0.05) is 12.8 Å². The minimum absolute atomic E-state index is 0.223. The molecule has 2 aromatic carbocycles. The molecule has 1 aromatic heterocycles. The molecule has 0 bridgehead atoms. The largest absolute Gasteiger partial charge is 0.493 e. The highest BCUT2D eigenvalue weighted by Gasteiger charge is 2.18. The zero-order chi connectivity index (χ0) is 29.3. The Morgan fingerprint density at radius 1 is 0.619 bits per heavy atom. The van der Waals surface area contributed by atoms with Crippen LogP contribution in [0.3, 0.4) is 0 Å². The van der Waals surface area contributed by atoms with E-state index in [0.717, 1.165) is 85.6 Å². The van der Waals surface area contributed by atoms with Gasteiger partial charge in [-0.1, -0.05) is 24.3 Å². The summed E-state index contributed by atoms with van der Waals surface area (Å²) in [5.74, 6) is 2.71. The Hall–Kier alpha value is -3.88. The summed E-state index contributed by atoms with van der Waals surface area (Å²) >= 11 is 0. The molecule has 2 aliphatic rings. The molecule has 8 heteroatoms. The maximum absolute atomic E-state index is 6.03. The van der Waals surface area contributed by atoms with E-state index in [2.05, 4.69) is 0 Å². The maximum atomic E-state index is 6.03. The molecule has 0 radical (unpaired) electrons. The molecule has 2 saturated heterocycles. The van der Waals surface area contributed by atoms with E-state index in [-0.39, 0.29) is 12.6 Å². The van der Waals surface area contributed by atoms with Crippen molar-refractivity contribution in [2.75, 3.05) is 27.4 Å². The van der Waals surface area contributed by atoms with Crippen molar-refractivity contribution in [1.82, 2.24) is 9.97 Å². The molecule has 222 valence electrons. The number of rotatable bonds is 10. The van der Waals surface area contributed by atoms with Crippen molar-refractivity contribution in [3.05, 3.63) is 70.3 Å². The molecule has 42 heavy (non-hydrogen) atoms. The molecule has 0 N–H and O–H groups in total. The molecule has 0 aliphatic carbocycles. The highest BCUT2D eigenvalue weighted by Crippen LogP contribution is 2.33. The smallest absolute Gasteiger partial charge is 0.200 e. The van der Waals surface area contributed by atoms with E-state index in [1.807, 2.05) is 74.5 Å². The molecule has 0 saturated carbocycles. The minimum Gasteiger partial charge on any atom is -0.493 e. The van der Waals surface area contributed by atoms with Crippen LogP contribution >= 0.6 is 0 Å². The monoisotopic (exact) mass is 572 g/mol. The molecule has 3 aromatic rings. The third-order valence-corrected chi connectivity index (χ3v) is 7.35. The molecular formula is C34H40N2O6. The summed E-state index contributed by atoms with van der Waals surface area (Å²) in [4.78, 5) is 9.64. The highest BCUT2D eigenvalue weighted by atomic mass is 16.7. The van der Waals surface area contributed by atoms with Crippen LogP contribution in [0.15, 0.2) is 36.4 Å². The van der Waals surface area contributed by atoms with E-state index in [9.17, 15) is 0 Å². The number of hydrogen-bond donors (Lipinski definition) is 0. The highest BCUT2D eigenvalue weighted by molar-refractivity contribution is 5.73. The number of aromatic nitrogens is 2. The van der Waals surface area contributed by atoms with Crippen LogP contribution in [0.25, 0.3) is 24.3 Å². The number of aryl methyl sites for hydroxylation is 2. The van der Waals surface area contributed by atoms with Gasteiger partial charge < -0.3 is 28.4 Å². The summed E-state index contributed by atoms with van der Waals surface area (Å²) in [6.07, 6.45) is 13.7. The number of nitrogens with zero attached hydrogens (tertiary/aromatic N) is 2. The lowest BCUT2D eigenvalue weighted by Gasteiger charge is -2.24. The number of hydrogen-bond acceptors (Lipinski definition) is 8. The van der Waals surface area contributed by atoms with Crippen LogP contribution in [0.1, 0.15) is 72.4 Å². The van der Waals surface area contributed by atoms with E-state index < -0.39 is 0 Å². The predicted octanol–water partition coefficient (Wildman–Crippen LogP) is 7.26. The summed E-state index contributed by atoms with van der Waals surface area (Å²) in [5, 5.41) is 0. The van der Waals surface area contributed by atoms with Crippen LogP contribution in [0.5, 0.6) is 23.0 Å². The van der Waals surface area contributed by atoms with Crippen molar-refractivity contribution < 1.29 is 28.4 Å². The lowest BCUT2D eigenvalue weighted by Crippen LogP contribution is -2.25. The van der Waals surface area contributed by atoms with E-state index in [0.29, 0.717) is 23.0 Å². The van der Waals surface area contributed by atoms with Crippen LogP contribution in [-0.4, -0.2) is 50.0 Å². The normalized spacial score (nSPS) is 19.2. The van der Waals surface area contributed by atoms with E-state index in [4.69, 9.17) is 38.4 Å². The van der Waals surface area contributed by atoms with Gasteiger partial charge in [-0.2, -0.15) is 0 Å². The zero-order valence-electron chi connectivity index (χ0n) is 24.9. The molecular weight excluding hydrogens is 532 g/mol. The first-order valence-corrected chi connectivity index (χ1v) is 14.7. The number of benzene rings is 2. The molecule has 8 nitrogen and oxygen atoms in total. The van der Waals surface area contributed by atoms with E-state index in [1.54, 1.807) is 14.2 Å². The third-order valence-electron chi connectivity index (χ3n) is 7.35. The van der Waals surface area contributed by atoms with E-state index in [1.165, 1.54) is 0 Å². The summed E-state index contributed by atoms with van der Waals surface area (Å²) in [6.45, 7) is 5.40. The lowest BCUT2D eigenvalue weighted by molar-refractivity contribution is -0.106. The number of ether oxygens (including phenoxy) is 6. The Bertz CT molecular complexity index is 1300. The van der Waals surface area contributed by atoms with Crippen LogP contribution in [0.4, 0.5) is 0 Å². The average molecular weight is 573 g/mol. The molecule has 2 unspecified atom stereocenters. The predicted molar refractivity (Wildman–Crippen MR) is 164 cm³/mol. The Labute approximate surface area is 248 Å². The van der Waals surface area contributed by atoms with Gasteiger partial charge in [0.15, 0.2) is 35.6 Å². The van der Waals surface area contributed by atoms with Crippen molar-refractivity contribution in [2.45, 2.75) is 65.0 Å². The van der Waals surface area contributed by atoms with Crippen LogP contribution in [0, 0.1) is 13.8 Å². The lowest BCUT2D eigenvalue weighted by atomic mass is 10.1. The van der Waals surface area contributed by atoms with Gasteiger partial charge in [0.25, 0.3) is 0 Å². The summed E-state index contributed by atoms with van der Waals surface area (Å²) in [7, 11) is 3.29. The minimum atomic E-state index is -0.223. The van der Waals surface area contributed by atoms with Gasteiger partial charge in [-0.05, 0) is 87.1 Å². The van der Waals surface area contributed by atoms with E-state index >= 15 is 0 Å². The van der Waals surface area contributed by atoms with Crippen LogP contribution < -0.4 is 18.9 Å². The van der Waals surface area contributed by atoms with Gasteiger partial charge in [-0.15, -0.1) is 0 Å². The van der Waals surface area contributed by atoms with Gasteiger partial charge in [-0.25, -0.2) is 9.97 Å². The molecule has 0 spiro atoms. The second kappa shape index (κ2) is 14.3. The fraction of sp³-hybridized carbons (Fsp3) is 0.412. The molecule has 0 amide bonds. The van der Waals surface area contributed by atoms with Gasteiger partial charge in [0.2, 0.25) is 0 Å². The Morgan fingerprint density at radius 3 is 1.45 bits per heavy atom. The SMILES string of the molecule is COc1cc(/C=C/c2nc(C)c(/C=C/c3ccc(OC4CCCCO4)c(OC)c3)nc2C)ccc1OC1CCCCO1. The average Bonchev–Trinajstić information content (AvgIpc) is 3.02. The second-order valence-electron chi connectivity index (χ2n) is 10.5. The topological polar surface area (TPSA) is 81.2 Å². The van der Waals surface area contributed by atoms with Crippen LogP contribution in [-0.2, 0) is 9.47 Å². The zero-order valence-corrected chi connectivity index (χ0v) is 24.9. The van der Waals surface area contributed by atoms with Crippen molar-refractivity contribution in [2.24, 2.45) is 0 Å². The van der Waals surface area contributed by atoms with Crippen molar-refractivity contribution in [3.8, 4) is 23.0 Å².